The van der Waals surface area contributed by atoms with Crippen molar-refractivity contribution in [2.45, 2.75) is 91.9 Å². The molecular formula is C30H40S2. The standard InChI is InChI=1S/C30H40S2/c1-5-9-11-21(7-3)17-25-19-23-13-15-32-30(23)28-26(18-22(8-4)12-10-6-2)20-24-14-16-31-29(24)27(25)28/h13-16,19-22H,5-12,17-18H2,1-4H3. The average Bonchev–Trinajstić information content (AvgIpc) is 3.47. The molecule has 0 N–H and O–H groups in total. The fourth-order valence-corrected chi connectivity index (χ4v) is 7.39. The Labute approximate surface area is 203 Å². The first-order valence-electron chi connectivity index (χ1n) is 13.0. The Morgan fingerprint density at radius 2 is 1.09 bits per heavy atom. The van der Waals surface area contributed by atoms with Gasteiger partial charge in [-0.15, -0.1) is 22.7 Å². The van der Waals surface area contributed by atoms with Gasteiger partial charge in [-0.05, 0) is 81.6 Å². The second kappa shape index (κ2) is 11.2. The van der Waals surface area contributed by atoms with Crippen LogP contribution in [0.15, 0.2) is 35.0 Å². The molecule has 2 unspecified atom stereocenters. The molecular weight excluding hydrogens is 424 g/mol. The van der Waals surface area contributed by atoms with Gasteiger partial charge in [-0.25, -0.2) is 0 Å². The van der Waals surface area contributed by atoms with E-state index in [2.05, 4.69) is 62.7 Å². The topological polar surface area (TPSA) is 0 Å². The van der Waals surface area contributed by atoms with E-state index in [1.165, 1.54) is 84.4 Å². The lowest BCUT2D eigenvalue weighted by Crippen LogP contribution is -2.06. The fraction of sp³-hybridized carbons (Fsp3) is 0.533. The molecule has 2 aromatic heterocycles. The summed E-state index contributed by atoms with van der Waals surface area (Å²) in [5.41, 5.74) is 3.20. The van der Waals surface area contributed by atoms with Gasteiger partial charge in [-0.1, -0.05) is 79.1 Å². The quantitative estimate of drug-likeness (QED) is 0.195. The molecule has 2 heterocycles. The molecule has 172 valence electrons. The Bertz CT molecular complexity index is 1050. The molecule has 0 radical (unpaired) electrons. The fourth-order valence-electron chi connectivity index (χ4n) is 5.46. The highest BCUT2D eigenvalue weighted by atomic mass is 32.1. The highest BCUT2D eigenvalue weighted by Gasteiger charge is 2.20. The number of unbranched alkanes of at least 4 members (excludes halogenated alkanes) is 2. The van der Waals surface area contributed by atoms with E-state index in [0.29, 0.717) is 0 Å². The first-order valence-corrected chi connectivity index (χ1v) is 14.8. The second-order valence-corrected chi connectivity index (χ2v) is 11.6. The lowest BCUT2D eigenvalue weighted by Gasteiger charge is -2.20. The van der Waals surface area contributed by atoms with Gasteiger partial charge in [-0.2, -0.15) is 0 Å². The number of thiophene rings is 2. The zero-order chi connectivity index (χ0) is 22.5. The van der Waals surface area contributed by atoms with Crippen molar-refractivity contribution < 1.29 is 0 Å². The van der Waals surface area contributed by atoms with E-state index in [9.17, 15) is 0 Å². The number of fused-ring (bicyclic) bond motifs is 5. The minimum absolute atomic E-state index is 0.792. The molecule has 4 aromatic rings. The maximum atomic E-state index is 2.54. The average molecular weight is 465 g/mol. The normalized spacial score (nSPS) is 14.0. The van der Waals surface area contributed by atoms with Crippen LogP contribution in [0, 0.1) is 11.8 Å². The maximum Gasteiger partial charge on any atom is 0.0424 e. The predicted octanol–water partition coefficient (Wildman–Crippen LogP) is 10.8. The van der Waals surface area contributed by atoms with Crippen LogP contribution in [-0.4, -0.2) is 0 Å². The smallest absolute Gasteiger partial charge is 0.0424 e. The van der Waals surface area contributed by atoms with E-state index >= 15 is 0 Å². The third-order valence-electron chi connectivity index (χ3n) is 7.50. The van der Waals surface area contributed by atoms with E-state index < -0.39 is 0 Å². The van der Waals surface area contributed by atoms with Gasteiger partial charge in [0.2, 0.25) is 0 Å². The molecule has 0 aliphatic heterocycles. The van der Waals surface area contributed by atoms with Gasteiger partial charge in [0.25, 0.3) is 0 Å². The summed E-state index contributed by atoms with van der Waals surface area (Å²) in [6, 6.07) is 9.79. The van der Waals surface area contributed by atoms with Crippen LogP contribution in [0.3, 0.4) is 0 Å². The maximum absolute atomic E-state index is 2.54. The number of benzene rings is 2. The molecule has 32 heavy (non-hydrogen) atoms. The molecule has 0 saturated carbocycles. The van der Waals surface area contributed by atoms with Gasteiger partial charge < -0.3 is 0 Å². The van der Waals surface area contributed by atoms with Crippen LogP contribution in [-0.2, 0) is 12.8 Å². The summed E-state index contributed by atoms with van der Waals surface area (Å²) in [4.78, 5) is 0. The van der Waals surface area contributed by atoms with Crippen molar-refractivity contribution >= 4 is 53.6 Å². The molecule has 0 nitrogen and oxygen atoms in total. The van der Waals surface area contributed by atoms with Crippen LogP contribution in [0.5, 0.6) is 0 Å². The summed E-state index contributed by atoms with van der Waals surface area (Å²) >= 11 is 3.89. The third kappa shape index (κ3) is 4.92. The van der Waals surface area contributed by atoms with Gasteiger partial charge in [0, 0.05) is 20.2 Å². The van der Waals surface area contributed by atoms with Gasteiger partial charge in [-0.3, -0.25) is 0 Å². The molecule has 0 aliphatic carbocycles. The Morgan fingerprint density at radius 1 is 0.656 bits per heavy atom. The monoisotopic (exact) mass is 464 g/mol. The first-order chi connectivity index (χ1) is 15.7. The van der Waals surface area contributed by atoms with Crippen LogP contribution >= 0.6 is 22.7 Å². The molecule has 0 amide bonds. The van der Waals surface area contributed by atoms with Crippen LogP contribution in [0.1, 0.15) is 90.2 Å². The zero-order valence-corrected chi connectivity index (χ0v) is 22.1. The van der Waals surface area contributed by atoms with Gasteiger partial charge >= 0.3 is 0 Å². The van der Waals surface area contributed by atoms with Crippen LogP contribution in [0.2, 0.25) is 0 Å². The minimum atomic E-state index is 0.792. The van der Waals surface area contributed by atoms with Crippen molar-refractivity contribution in [2.24, 2.45) is 11.8 Å². The summed E-state index contributed by atoms with van der Waals surface area (Å²) in [5.74, 6) is 1.58. The number of rotatable bonds is 12. The van der Waals surface area contributed by atoms with E-state index in [4.69, 9.17) is 0 Å². The van der Waals surface area contributed by atoms with Crippen molar-refractivity contribution in [3.8, 4) is 0 Å². The van der Waals surface area contributed by atoms with Crippen molar-refractivity contribution in [1.29, 1.82) is 0 Å². The third-order valence-corrected chi connectivity index (χ3v) is 9.40. The van der Waals surface area contributed by atoms with Gasteiger partial charge in [0.05, 0.1) is 0 Å². The van der Waals surface area contributed by atoms with Crippen LogP contribution < -0.4 is 0 Å². The minimum Gasteiger partial charge on any atom is -0.143 e. The van der Waals surface area contributed by atoms with Crippen molar-refractivity contribution in [3.05, 3.63) is 46.2 Å². The Balaban J connectivity index is 1.90. The molecule has 0 saturated heterocycles. The second-order valence-electron chi connectivity index (χ2n) is 9.74. The SMILES string of the molecule is CCCCC(CC)Cc1cc2ccsc2c2c(CC(CC)CCCC)cc3ccsc3c12. The van der Waals surface area contributed by atoms with Crippen LogP contribution in [0.4, 0.5) is 0 Å². The highest BCUT2D eigenvalue weighted by Crippen LogP contribution is 2.43. The number of hydrogen-bond donors (Lipinski definition) is 0. The number of hydrogen-bond acceptors (Lipinski definition) is 2. The lowest BCUT2D eigenvalue weighted by atomic mass is 9.85. The van der Waals surface area contributed by atoms with Crippen molar-refractivity contribution in [2.75, 3.05) is 0 Å². The summed E-state index contributed by atoms with van der Waals surface area (Å²) in [7, 11) is 0. The summed E-state index contributed by atoms with van der Waals surface area (Å²) in [6.45, 7) is 9.42. The van der Waals surface area contributed by atoms with Crippen molar-refractivity contribution in [3.63, 3.8) is 0 Å². The molecule has 2 aromatic carbocycles. The van der Waals surface area contributed by atoms with Gasteiger partial charge in [0.15, 0.2) is 0 Å². The van der Waals surface area contributed by atoms with E-state index in [1.807, 2.05) is 22.7 Å². The highest BCUT2D eigenvalue weighted by molar-refractivity contribution is 7.19. The lowest BCUT2D eigenvalue weighted by molar-refractivity contribution is 0.449. The summed E-state index contributed by atoms with van der Waals surface area (Å²) < 4.78 is 3.03. The Morgan fingerprint density at radius 3 is 1.47 bits per heavy atom. The van der Waals surface area contributed by atoms with Crippen LogP contribution in [0.25, 0.3) is 30.9 Å². The molecule has 2 atom stereocenters. The van der Waals surface area contributed by atoms with Crippen molar-refractivity contribution in [1.82, 2.24) is 0 Å². The molecule has 4 rings (SSSR count). The predicted molar refractivity (Wildman–Crippen MR) is 149 cm³/mol. The molecule has 2 heteroatoms. The molecule has 0 aliphatic rings. The largest absolute Gasteiger partial charge is 0.143 e. The summed E-state index contributed by atoms with van der Waals surface area (Å²) in [6.07, 6.45) is 13.0. The first kappa shape index (κ1) is 23.8. The van der Waals surface area contributed by atoms with E-state index in [0.717, 1.165) is 11.8 Å². The molecule has 0 bridgehead atoms. The Hall–Kier alpha value is -1.38. The zero-order valence-electron chi connectivity index (χ0n) is 20.5. The molecule has 0 spiro atoms. The Kier molecular flexibility index (Phi) is 8.29. The van der Waals surface area contributed by atoms with E-state index in [-0.39, 0.29) is 0 Å². The van der Waals surface area contributed by atoms with Gasteiger partial charge in [0.1, 0.15) is 0 Å². The molecule has 0 fully saturated rings. The summed E-state index contributed by atoms with van der Waals surface area (Å²) in [5, 5.41) is 10.7. The van der Waals surface area contributed by atoms with E-state index in [1.54, 1.807) is 21.9 Å².